The van der Waals surface area contributed by atoms with E-state index in [1.54, 1.807) is 0 Å². The molecular formula is C9H4ClF5N2. The van der Waals surface area contributed by atoms with Crippen LogP contribution in [0.5, 0.6) is 0 Å². The highest BCUT2D eigenvalue weighted by Crippen LogP contribution is 2.37. The fourth-order valence-electron chi connectivity index (χ4n) is 1.24. The molecule has 0 unspecified atom stereocenters. The largest absolute Gasteiger partial charge is 0.433 e. The van der Waals surface area contributed by atoms with Crippen LogP contribution in [0, 0.1) is 11.3 Å². The first-order chi connectivity index (χ1) is 7.81. The predicted octanol–water partition coefficient (Wildman–Crippen LogP) is 3.65. The van der Waals surface area contributed by atoms with Crippen molar-refractivity contribution in [3.05, 3.63) is 28.6 Å². The number of nitrogens with zero attached hydrogens (tertiary/aromatic N) is 2. The van der Waals surface area contributed by atoms with Crippen molar-refractivity contribution in [1.29, 1.82) is 5.26 Å². The first kappa shape index (κ1) is 13.6. The Balaban J connectivity index is 3.60. The van der Waals surface area contributed by atoms with Crippen molar-refractivity contribution >= 4 is 11.6 Å². The third-order valence-corrected chi connectivity index (χ3v) is 2.18. The van der Waals surface area contributed by atoms with Crippen LogP contribution in [0.3, 0.4) is 0 Å². The molecule has 0 aliphatic carbocycles. The summed E-state index contributed by atoms with van der Waals surface area (Å²) in [5, 5.41) is 8.47. The molecule has 0 N–H and O–H groups in total. The molecule has 0 fully saturated rings. The number of alkyl halides is 6. The maximum atomic E-state index is 12.6. The van der Waals surface area contributed by atoms with Crippen LogP contribution in [-0.2, 0) is 12.1 Å². The summed E-state index contributed by atoms with van der Waals surface area (Å²) in [5.74, 6) is -0.556. The Bertz CT molecular complexity index is 464. The minimum atomic E-state index is -5.06. The molecule has 1 rings (SSSR count). The second-order valence-electron chi connectivity index (χ2n) is 2.97. The van der Waals surface area contributed by atoms with Gasteiger partial charge in [0.25, 0.3) is 6.43 Å². The zero-order valence-electron chi connectivity index (χ0n) is 8.02. The minimum absolute atomic E-state index is 0.444. The van der Waals surface area contributed by atoms with Gasteiger partial charge in [-0.1, -0.05) is 0 Å². The lowest BCUT2D eigenvalue weighted by atomic mass is 10.1. The van der Waals surface area contributed by atoms with Crippen molar-refractivity contribution in [2.24, 2.45) is 0 Å². The monoisotopic (exact) mass is 270 g/mol. The van der Waals surface area contributed by atoms with Gasteiger partial charge in [-0.2, -0.15) is 18.4 Å². The third kappa shape index (κ3) is 2.82. The Hall–Kier alpha value is -1.42. The van der Waals surface area contributed by atoms with Gasteiger partial charge in [-0.25, -0.2) is 13.8 Å². The molecule has 0 radical (unpaired) electrons. The van der Waals surface area contributed by atoms with Crippen molar-refractivity contribution in [1.82, 2.24) is 4.98 Å². The van der Waals surface area contributed by atoms with Gasteiger partial charge in [0.1, 0.15) is 11.8 Å². The maximum Gasteiger partial charge on any atom is 0.433 e. The molecule has 0 atom stereocenters. The number of aromatic nitrogens is 1. The van der Waals surface area contributed by atoms with Gasteiger partial charge in [-0.05, 0) is 11.6 Å². The molecule has 0 saturated carbocycles. The number of hydrogen-bond donors (Lipinski definition) is 0. The van der Waals surface area contributed by atoms with Crippen LogP contribution in [-0.4, -0.2) is 4.98 Å². The van der Waals surface area contributed by atoms with Gasteiger partial charge < -0.3 is 0 Å². The highest BCUT2D eigenvalue weighted by atomic mass is 35.5. The average Bonchev–Trinajstić information content (AvgIpc) is 2.25. The molecule has 1 aromatic rings. The molecule has 1 aromatic heterocycles. The van der Waals surface area contributed by atoms with Crippen molar-refractivity contribution in [2.45, 2.75) is 18.5 Å². The highest BCUT2D eigenvalue weighted by molar-refractivity contribution is 6.17. The van der Waals surface area contributed by atoms with Gasteiger partial charge in [0.15, 0.2) is 5.69 Å². The summed E-state index contributed by atoms with van der Waals surface area (Å²) in [5.41, 5.74) is -4.08. The summed E-state index contributed by atoms with van der Waals surface area (Å²) in [6, 6.07) is 2.19. The van der Waals surface area contributed by atoms with Gasteiger partial charge >= 0.3 is 6.18 Å². The fourth-order valence-corrected chi connectivity index (χ4v) is 1.46. The van der Waals surface area contributed by atoms with E-state index < -0.39 is 41.0 Å². The van der Waals surface area contributed by atoms with E-state index in [9.17, 15) is 22.0 Å². The van der Waals surface area contributed by atoms with Crippen molar-refractivity contribution < 1.29 is 22.0 Å². The lowest BCUT2D eigenvalue weighted by Gasteiger charge is -2.14. The molecule has 0 spiro atoms. The van der Waals surface area contributed by atoms with Crippen LogP contribution in [0.15, 0.2) is 6.07 Å². The molecule has 0 aliphatic rings. The summed E-state index contributed by atoms with van der Waals surface area (Å²) in [4.78, 5) is 2.87. The molecule has 0 aliphatic heterocycles. The Labute approximate surface area is 97.6 Å². The molecule has 8 heteroatoms. The topological polar surface area (TPSA) is 36.7 Å². The van der Waals surface area contributed by atoms with E-state index in [1.165, 1.54) is 6.07 Å². The zero-order chi connectivity index (χ0) is 13.2. The minimum Gasteiger partial charge on any atom is -0.232 e. The summed E-state index contributed by atoms with van der Waals surface area (Å²) in [7, 11) is 0. The molecular weight excluding hydrogens is 267 g/mol. The summed E-state index contributed by atoms with van der Waals surface area (Å²) < 4.78 is 62.6. The van der Waals surface area contributed by atoms with Gasteiger partial charge in [0, 0.05) is 5.88 Å². The van der Waals surface area contributed by atoms with Gasteiger partial charge in [-0.15, -0.1) is 11.6 Å². The van der Waals surface area contributed by atoms with Crippen LogP contribution in [0.25, 0.3) is 0 Å². The van der Waals surface area contributed by atoms with E-state index >= 15 is 0 Å². The molecule has 0 aromatic carbocycles. The third-order valence-electron chi connectivity index (χ3n) is 1.89. The Morgan fingerprint density at radius 3 is 2.35 bits per heavy atom. The van der Waals surface area contributed by atoms with Gasteiger partial charge in [-0.3, -0.25) is 0 Å². The predicted molar refractivity (Wildman–Crippen MR) is 48.5 cm³/mol. The van der Waals surface area contributed by atoms with E-state index in [4.69, 9.17) is 16.9 Å². The second-order valence-corrected chi connectivity index (χ2v) is 3.24. The summed E-state index contributed by atoms with van der Waals surface area (Å²) >= 11 is 5.29. The van der Waals surface area contributed by atoms with Crippen LogP contribution in [0.1, 0.15) is 28.9 Å². The highest BCUT2D eigenvalue weighted by Gasteiger charge is 2.39. The number of pyridine rings is 1. The zero-order valence-corrected chi connectivity index (χ0v) is 8.78. The normalized spacial score (nSPS) is 11.6. The molecule has 92 valence electrons. The number of nitriles is 1. The van der Waals surface area contributed by atoms with Crippen LogP contribution in [0.2, 0.25) is 0 Å². The van der Waals surface area contributed by atoms with E-state index in [-0.39, 0.29) is 0 Å². The SMILES string of the molecule is N#Cc1cc(CCl)c(C(F)F)c(C(F)(F)F)n1. The Morgan fingerprint density at radius 2 is 2.00 bits per heavy atom. The summed E-state index contributed by atoms with van der Waals surface area (Å²) in [6.45, 7) is 0. The Kier molecular flexibility index (Phi) is 3.88. The van der Waals surface area contributed by atoms with E-state index in [0.717, 1.165) is 6.07 Å². The fraction of sp³-hybridized carbons (Fsp3) is 0.333. The first-order valence-corrected chi connectivity index (χ1v) is 4.70. The van der Waals surface area contributed by atoms with Crippen molar-refractivity contribution in [2.75, 3.05) is 0 Å². The smallest absolute Gasteiger partial charge is 0.232 e. The quantitative estimate of drug-likeness (QED) is 0.607. The molecule has 1 heterocycles. The number of rotatable bonds is 2. The molecule has 0 saturated heterocycles. The molecule has 0 bridgehead atoms. The Morgan fingerprint density at radius 1 is 1.41 bits per heavy atom. The molecule has 0 amide bonds. The molecule has 2 nitrogen and oxygen atoms in total. The van der Waals surface area contributed by atoms with Gasteiger partial charge in [0.2, 0.25) is 0 Å². The molecule has 17 heavy (non-hydrogen) atoms. The van der Waals surface area contributed by atoms with E-state index in [1.807, 2.05) is 0 Å². The number of halogens is 6. The van der Waals surface area contributed by atoms with Crippen LogP contribution in [0.4, 0.5) is 22.0 Å². The van der Waals surface area contributed by atoms with E-state index in [2.05, 4.69) is 4.98 Å². The number of hydrogen-bond acceptors (Lipinski definition) is 2. The lowest BCUT2D eigenvalue weighted by Crippen LogP contribution is -2.15. The summed E-state index contributed by atoms with van der Waals surface area (Å²) in [6.07, 6.45) is -8.42. The van der Waals surface area contributed by atoms with Crippen molar-refractivity contribution in [3.8, 4) is 6.07 Å². The van der Waals surface area contributed by atoms with Crippen LogP contribution < -0.4 is 0 Å². The first-order valence-electron chi connectivity index (χ1n) is 4.16. The van der Waals surface area contributed by atoms with Crippen molar-refractivity contribution in [3.63, 3.8) is 0 Å². The standard InChI is InChI=1S/C9H4ClF5N2/c10-2-4-1-5(3-16)17-7(9(13,14)15)6(4)8(11)12/h1,8H,2H2. The second kappa shape index (κ2) is 4.84. The average molecular weight is 271 g/mol. The lowest BCUT2D eigenvalue weighted by molar-refractivity contribution is -0.143. The van der Waals surface area contributed by atoms with Gasteiger partial charge in [0.05, 0.1) is 5.56 Å². The van der Waals surface area contributed by atoms with Crippen LogP contribution >= 0.6 is 11.6 Å². The van der Waals surface area contributed by atoms with E-state index in [0.29, 0.717) is 0 Å². The maximum absolute atomic E-state index is 12.6.